The summed E-state index contributed by atoms with van der Waals surface area (Å²) >= 11 is 0. The fourth-order valence-electron chi connectivity index (χ4n) is 13.8. The molecule has 0 aromatic heterocycles. The molecule has 2 heterocycles. The van der Waals surface area contributed by atoms with E-state index in [2.05, 4.69) is 297 Å². The van der Waals surface area contributed by atoms with Gasteiger partial charge in [0.15, 0.2) is 0 Å². The number of fused-ring (bicyclic) bond motifs is 4. The Morgan fingerprint density at radius 2 is 0.899 bits per heavy atom. The van der Waals surface area contributed by atoms with Crippen LogP contribution >= 0.6 is 0 Å². The molecule has 0 bridgehead atoms. The summed E-state index contributed by atoms with van der Waals surface area (Å²) in [4.78, 5) is 5.18. The number of benzene rings is 8. The minimum Gasteiger partial charge on any atom is -0.311 e. The zero-order valence-corrected chi connectivity index (χ0v) is 47.3. The largest absolute Gasteiger partial charge is 0.311 e. The van der Waals surface area contributed by atoms with E-state index in [-0.39, 0.29) is 23.0 Å². The van der Waals surface area contributed by atoms with E-state index < -0.39 is 0 Å². The predicted octanol–water partition coefficient (Wildman–Crippen LogP) is 18.5. The van der Waals surface area contributed by atoms with Crippen LogP contribution in [0.2, 0.25) is 0 Å². The average Bonchev–Trinajstić information content (AvgIpc) is 2.44. The van der Waals surface area contributed by atoms with Crippen molar-refractivity contribution in [2.75, 3.05) is 9.80 Å². The van der Waals surface area contributed by atoms with Crippen LogP contribution in [0, 0.1) is 28.6 Å². The van der Waals surface area contributed by atoms with Gasteiger partial charge in [-0.15, -0.1) is 0 Å². The Hall–Kier alpha value is -8.14. The highest BCUT2D eigenvalue weighted by molar-refractivity contribution is 7.00. The summed E-state index contributed by atoms with van der Waals surface area (Å²) in [6.45, 7) is 21.3. The summed E-state index contributed by atoms with van der Waals surface area (Å²) in [6.07, 6.45) is 16.5. The van der Waals surface area contributed by atoms with Gasteiger partial charge in [0, 0.05) is 46.0 Å². The first-order valence-corrected chi connectivity index (χ1v) is 28.8. The molecule has 386 valence electrons. The van der Waals surface area contributed by atoms with Crippen molar-refractivity contribution in [3.05, 3.63) is 264 Å². The Balaban J connectivity index is 1.05. The fourth-order valence-corrected chi connectivity index (χ4v) is 13.8. The zero-order chi connectivity index (χ0) is 54.1. The highest BCUT2D eigenvalue weighted by Crippen LogP contribution is 2.57. The highest BCUT2D eigenvalue weighted by Gasteiger charge is 2.47. The molecular formula is C76H69BN2. The van der Waals surface area contributed by atoms with Gasteiger partial charge in [0.25, 0.3) is 6.71 Å². The van der Waals surface area contributed by atoms with Gasteiger partial charge in [-0.25, -0.2) is 0 Å². The third kappa shape index (κ3) is 8.30. The highest BCUT2D eigenvalue weighted by atomic mass is 15.2. The second kappa shape index (κ2) is 18.2. The summed E-state index contributed by atoms with van der Waals surface area (Å²) in [7, 11) is 0. The van der Waals surface area contributed by atoms with E-state index in [4.69, 9.17) is 0 Å². The molecule has 0 amide bonds. The normalized spacial score (nSPS) is 18.9. The number of hydrogen-bond donors (Lipinski definition) is 0. The molecule has 0 spiro atoms. The Morgan fingerprint density at radius 1 is 0.418 bits per heavy atom. The molecule has 0 fully saturated rings. The lowest BCUT2D eigenvalue weighted by Gasteiger charge is -2.48. The van der Waals surface area contributed by atoms with E-state index in [1.807, 2.05) is 0 Å². The van der Waals surface area contributed by atoms with Crippen molar-refractivity contribution in [1.82, 2.24) is 0 Å². The van der Waals surface area contributed by atoms with E-state index in [0.717, 1.165) is 17.8 Å². The maximum Gasteiger partial charge on any atom is 0.252 e. The molecule has 0 N–H and O–H groups in total. The SMILES string of the molecule is CC(C)(C)C1=CC2=C(c3ccc4c(c3)B3c5cc(-c6ccccc6)ccc5N(c5ccc(-c6ccccc6)cc5)c5cc(C(C)(C)C)cc(c53)N4c3ccc(-c4ccccc4)cc3)C=C3C=C(C(C)(C)C)CC4C=CC(=C1)C2C34. The average molecular weight is 1020 g/mol. The topological polar surface area (TPSA) is 6.48 Å². The molecule has 8 aromatic rings. The monoisotopic (exact) mass is 1020 g/mol. The molecule has 6 aliphatic rings. The van der Waals surface area contributed by atoms with Gasteiger partial charge >= 0.3 is 0 Å². The van der Waals surface area contributed by atoms with Crippen LogP contribution in [-0.4, -0.2) is 6.71 Å². The molecule has 14 rings (SSSR count). The molecule has 0 radical (unpaired) electrons. The maximum absolute atomic E-state index is 2.62. The van der Waals surface area contributed by atoms with E-state index in [1.165, 1.54) is 112 Å². The van der Waals surface area contributed by atoms with Gasteiger partial charge in [-0.05, 0) is 166 Å². The van der Waals surface area contributed by atoms with Gasteiger partial charge in [-0.2, -0.15) is 0 Å². The standard InChI is InChI=1S/C76H69BN2/c1-74(2,3)58-39-55-25-26-56-40-59(75(4,5)6)45-64-63(42-57(41-58)71(55)72(56)64)54-32-38-68-66(44-54)77-65-43-53(50-23-17-12-18-24-50)31-37-67(65)78(61-33-27-51(28-34-61)48-19-13-10-14-20-48)69-46-60(76(7,8)9)47-70(73(69)77)79(68)62-35-29-52(30-36-62)49-21-15-11-16-22-49/h10-38,40-47,55,71-72H,39H2,1-9H3. The third-order valence-electron chi connectivity index (χ3n) is 18.1. The van der Waals surface area contributed by atoms with Crippen molar-refractivity contribution >= 4 is 62.8 Å². The van der Waals surface area contributed by atoms with Crippen LogP contribution in [0.1, 0.15) is 79.9 Å². The van der Waals surface area contributed by atoms with Gasteiger partial charge < -0.3 is 9.80 Å². The third-order valence-corrected chi connectivity index (χ3v) is 18.1. The summed E-state index contributed by atoms with van der Waals surface area (Å²) in [5, 5.41) is 0. The lowest BCUT2D eigenvalue weighted by atomic mass is 9.33. The quantitative estimate of drug-likeness (QED) is 0.153. The van der Waals surface area contributed by atoms with E-state index in [9.17, 15) is 0 Å². The zero-order valence-electron chi connectivity index (χ0n) is 47.3. The molecule has 79 heavy (non-hydrogen) atoms. The first-order chi connectivity index (χ1) is 38.0. The number of hydrogen-bond acceptors (Lipinski definition) is 2. The lowest BCUT2D eigenvalue weighted by Crippen LogP contribution is -2.61. The molecular weight excluding hydrogens is 952 g/mol. The van der Waals surface area contributed by atoms with Crippen LogP contribution in [0.4, 0.5) is 34.1 Å². The van der Waals surface area contributed by atoms with Gasteiger partial charge in [0.05, 0.1) is 0 Å². The van der Waals surface area contributed by atoms with Crippen LogP contribution < -0.4 is 26.2 Å². The Kier molecular flexibility index (Phi) is 11.3. The molecule has 8 aromatic carbocycles. The second-order valence-electron chi connectivity index (χ2n) is 26.2. The molecule has 3 atom stereocenters. The van der Waals surface area contributed by atoms with Gasteiger partial charge in [-0.3, -0.25) is 0 Å². The van der Waals surface area contributed by atoms with Gasteiger partial charge in [0.1, 0.15) is 0 Å². The molecule has 4 aliphatic carbocycles. The number of allylic oxidation sites excluding steroid dienone is 12. The van der Waals surface area contributed by atoms with E-state index in [0.29, 0.717) is 17.8 Å². The summed E-state index contributed by atoms with van der Waals surface area (Å²) in [5.74, 6) is 1.20. The lowest BCUT2D eigenvalue weighted by molar-refractivity contribution is 0.328. The molecule has 2 aliphatic heterocycles. The summed E-state index contributed by atoms with van der Waals surface area (Å²) < 4.78 is 0. The number of nitrogens with zero attached hydrogens (tertiary/aromatic N) is 2. The first kappa shape index (κ1) is 49.2. The van der Waals surface area contributed by atoms with Crippen molar-refractivity contribution in [3.63, 3.8) is 0 Å². The van der Waals surface area contributed by atoms with E-state index in [1.54, 1.807) is 5.57 Å². The van der Waals surface area contributed by atoms with Crippen molar-refractivity contribution in [3.8, 4) is 33.4 Å². The Labute approximate surface area is 469 Å². The first-order valence-electron chi connectivity index (χ1n) is 28.8. The van der Waals surface area contributed by atoms with Gasteiger partial charge in [-0.1, -0.05) is 244 Å². The predicted molar refractivity (Wildman–Crippen MR) is 338 cm³/mol. The van der Waals surface area contributed by atoms with Crippen molar-refractivity contribution < 1.29 is 0 Å². The van der Waals surface area contributed by atoms with E-state index >= 15 is 0 Å². The molecule has 3 unspecified atom stereocenters. The van der Waals surface area contributed by atoms with Crippen molar-refractivity contribution in [1.29, 1.82) is 0 Å². The number of anilines is 6. The summed E-state index contributed by atoms with van der Waals surface area (Å²) in [6, 6.07) is 71.0. The molecule has 3 heteroatoms. The Morgan fingerprint density at radius 3 is 1.41 bits per heavy atom. The minimum absolute atomic E-state index is 0.00885. The molecule has 0 saturated heterocycles. The minimum atomic E-state index is -0.144. The van der Waals surface area contributed by atoms with Crippen molar-refractivity contribution in [2.45, 2.75) is 74.1 Å². The second-order valence-corrected chi connectivity index (χ2v) is 26.2. The van der Waals surface area contributed by atoms with Gasteiger partial charge in [0.2, 0.25) is 0 Å². The van der Waals surface area contributed by atoms with Crippen LogP contribution in [0.5, 0.6) is 0 Å². The van der Waals surface area contributed by atoms with Crippen LogP contribution in [0.15, 0.2) is 252 Å². The van der Waals surface area contributed by atoms with Crippen LogP contribution in [0.3, 0.4) is 0 Å². The fraction of sp³-hybridized carbons (Fsp3) is 0.211. The Bertz CT molecular complexity index is 3940. The number of rotatable bonds is 6. The van der Waals surface area contributed by atoms with Crippen LogP contribution in [0.25, 0.3) is 39.0 Å². The van der Waals surface area contributed by atoms with Crippen molar-refractivity contribution in [2.24, 2.45) is 28.6 Å². The van der Waals surface area contributed by atoms with Crippen LogP contribution in [-0.2, 0) is 5.41 Å². The molecule has 0 saturated carbocycles. The molecule has 2 nitrogen and oxygen atoms in total. The summed E-state index contributed by atoms with van der Waals surface area (Å²) in [5.41, 5.74) is 29.7. The maximum atomic E-state index is 2.62. The smallest absolute Gasteiger partial charge is 0.252 e.